The molecule has 5 nitrogen and oxygen atoms in total. The molecule has 0 aliphatic carbocycles. The van der Waals surface area contributed by atoms with Crippen LogP contribution in [0, 0.1) is 0 Å². The van der Waals surface area contributed by atoms with Gasteiger partial charge in [0.15, 0.2) is 5.96 Å². The molecule has 144 valence electrons. The standard InChI is InChI=1S/C15H28F3N3O2.HI/c1-3-19-14(21-12-10-15(16,17)18)20-11-8-6-5-7-9-13(22)23-4-2;/h3-12H2,1-2H3,(H2,19,20,21);1H. The lowest BCUT2D eigenvalue weighted by atomic mass is 10.1. The van der Waals surface area contributed by atoms with Crippen LogP contribution in [0.4, 0.5) is 13.2 Å². The van der Waals surface area contributed by atoms with Gasteiger partial charge in [0, 0.05) is 26.1 Å². The van der Waals surface area contributed by atoms with Crippen molar-refractivity contribution in [2.24, 2.45) is 4.99 Å². The number of nitrogens with one attached hydrogen (secondary N) is 2. The van der Waals surface area contributed by atoms with E-state index in [1.807, 2.05) is 6.92 Å². The van der Waals surface area contributed by atoms with E-state index in [4.69, 9.17) is 4.74 Å². The summed E-state index contributed by atoms with van der Waals surface area (Å²) < 4.78 is 41.1. The Kier molecular flexibility index (Phi) is 16.8. The lowest BCUT2D eigenvalue weighted by Crippen LogP contribution is -2.39. The maximum atomic E-state index is 12.1. The van der Waals surface area contributed by atoms with E-state index < -0.39 is 12.6 Å². The highest BCUT2D eigenvalue weighted by Gasteiger charge is 2.26. The maximum Gasteiger partial charge on any atom is 0.390 e. The van der Waals surface area contributed by atoms with Crippen LogP contribution in [0.25, 0.3) is 0 Å². The van der Waals surface area contributed by atoms with Gasteiger partial charge in [-0.2, -0.15) is 13.2 Å². The summed E-state index contributed by atoms with van der Waals surface area (Å²) in [5, 5.41) is 5.58. The monoisotopic (exact) mass is 467 g/mol. The molecule has 0 saturated carbocycles. The van der Waals surface area contributed by atoms with Gasteiger partial charge in [-0.1, -0.05) is 12.8 Å². The zero-order valence-electron chi connectivity index (χ0n) is 14.4. The first-order chi connectivity index (χ1) is 10.9. The summed E-state index contributed by atoms with van der Waals surface area (Å²) in [6.45, 7) is 4.99. The molecule has 0 bridgehead atoms. The van der Waals surface area contributed by atoms with E-state index in [-0.39, 0.29) is 36.5 Å². The van der Waals surface area contributed by atoms with Crippen molar-refractivity contribution in [2.75, 3.05) is 26.2 Å². The molecule has 24 heavy (non-hydrogen) atoms. The highest BCUT2D eigenvalue weighted by atomic mass is 127. The van der Waals surface area contributed by atoms with Crippen LogP contribution in [-0.4, -0.2) is 44.3 Å². The molecule has 0 aromatic carbocycles. The van der Waals surface area contributed by atoms with Crippen LogP contribution >= 0.6 is 24.0 Å². The molecule has 0 spiro atoms. The molecule has 0 unspecified atom stereocenters. The minimum absolute atomic E-state index is 0. The number of ether oxygens (including phenoxy) is 1. The molecule has 0 fully saturated rings. The molecule has 0 radical (unpaired) electrons. The molecule has 0 aromatic rings. The second-order valence-corrected chi connectivity index (χ2v) is 5.02. The third-order valence-electron chi connectivity index (χ3n) is 2.91. The Bertz CT molecular complexity index is 353. The molecule has 0 aliphatic rings. The van der Waals surface area contributed by atoms with Crippen molar-refractivity contribution in [3.63, 3.8) is 0 Å². The molecular weight excluding hydrogens is 438 g/mol. The Morgan fingerprint density at radius 1 is 1.08 bits per heavy atom. The third-order valence-corrected chi connectivity index (χ3v) is 2.91. The number of hydrogen-bond acceptors (Lipinski definition) is 3. The number of aliphatic imine (C=N–C) groups is 1. The van der Waals surface area contributed by atoms with Gasteiger partial charge in [-0.05, 0) is 26.7 Å². The number of carbonyl (C=O) groups excluding carboxylic acids is 1. The molecule has 0 aromatic heterocycles. The Morgan fingerprint density at radius 2 is 1.75 bits per heavy atom. The van der Waals surface area contributed by atoms with Gasteiger partial charge in [-0.3, -0.25) is 9.79 Å². The normalized spacial score (nSPS) is 11.6. The lowest BCUT2D eigenvalue weighted by Gasteiger charge is -2.12. The van der Waals surface area contributed by atoms with Gasteiger partial charge in [0.25, 0.3) is 0 Å². The molecule has 0 saturated heterocycles. The van der Waals surface area contributed by atoms with Crippen LogP contribution in [0.15, 0.2) is 4.99 Å². The van der Waals surface area contributed by atoms with Gasteiger partial charge in [0.2, 0.25) is 0 Å². The van der Waals surface area contributed by atoms with Crippen LogP contribution < -0.4 is 10.6 Å². The number of halogens is 4. The topological polar surface area (TPSA) is 62.7 Å². The van der Waals surface area contributed by atoms with Gasteiger partial charge in [-0.25, -0.2) is 0 Å². The Balaban J connectivity index is 0. The Labute approximate surface area is 159 Å². The minimum atomic E-state index is -4.16. The Morgan fingerprint density at radius 3 is 2.33 bits per heavy atom. The fourth-order valence-electron chi connectivity index (χ4n) is 1.82. The van der Waals surface area contributed by atoms with Crippen LogP contribution in [0.3, 0.4) is 0 Å². The first-order valence-electron chi connectivity index (χ1n) is 8.13. The molecule has 9 heteroatoms. The molecule has 0 atom stereocenters. The maximum absolute atomic E-state index is 12.1. The second-order valence-electron chi connectivity index (χ2n) is 5.02. The molecule has 0 rings (SSSR count). The highest BCUT2D eigenvalue weighted by Crippen LogP contribution is 2.18. The van der Waals surface area contributed by atoms with E-state index in [2.05, 4.69) is 15.6 Å². The Hall–Kier alpha value is -0.740. The van der Waals surface area contributed by atoms with Crippen molar-refractivity contribution in [3.05, 3.63) is 0 Å². The second kappa shape index (κ2) is 15.8. The average Bonchev–Trinajstić information content (AvgIpc) is 2.45. The number of guanidine groups is 1. The van der Waals surface area contributed by atoms with E-state index in [0.29, 0.717) is 32.1 Å². The van der Waals surface area contributed by atoms with E-state index >= 15 is 0 Å². The third kappa shape index (κ3) is 17.6. The van der Waals surface area contributed by atoms with Gasteiger partial charge < -0.3 is 15.4 Å². The summed E-state index contributed by atoms with van der Waals surface area (Å²) in [7, 11) is 0. The SMILES string of the molecule is CCNC(=NCCCCCCC(=O)OCC)NCCC(F)(F)F.I. The first kappa shape index (κ1) is 25.5. The molecule has 0 heterocycles. The number of alkyl halides is 3. The first-order valence-corrected chi connectivity index (χ1v) is 8.13. The highest BCUT2D eigenvalue weighted by molar-refractivity contribution is 14.0. The van der Waals surface area contributed by atoms with Gasteiger partial charge in [0.1, 0.15) is 0 Å². The largest absolute Gasteiger partial charge is 0.466 e. The predicted octanol–water partition coefficient (Wildman–Crippen LogP) is 3.63. The summed E-state index contributed by atoms with van der Waals surface area (Å²) in [6.07, 6.45) is -1.17. The zero-order valence-corrected chi connectivity index (χ0v) is 16.7. The number of esters is 1. The summed E-state index contributed by atoms with van der Waals surface area (Å²) in [4.78, 5) is 15.4. The zero-order chi connectivity index (χ0) is 17.6. The quantitative estimate of drug-likeness (QED) is 0.160. The van der Waals surface area contributed by atoms with Crippen LogP contribution in [0.2, 0.25) is 0 Å². The van der Waals surface area contributed by atoms with Gasteiger partial charge in [0.05, 0.1) is 13.0 Å². The van der Waals surface area contributed by atoms with Gasteiger partial charge >= 0.3 is 12.1 Å². The predicted molar refractivity (Wildman–Crippen MR) is 99.8 cm³/mol. The minimum Gasteiger partial charge on any atom is -0.466 e. The number of rotatable bonds is 11. The number of hydrogen-bond donors (Lipinski definition) is 2. The van der Waals surface area contributed by atoms with Crippen molar-refractivity contribution < 1.29 is 22.7 Å². The molecule has 0 aliphatic heterocycles. The number of unbranched alkanes of at least 4 members (excludes halogenated alkanes) is 3. The molecule has 2 N–H and O–H groups in total. The fraction of sp³-hybridized carbons (Fsp3) is 0.867. The van der Waals surface area contributed by atoms with E-state index in [1.54, 1.807) is 6.92 Å². The summed E-state index contributed by atoms with van der Waals surface area (Å²) in [5.74, 6) is 0.233. The molecular formula is C15H29F3IN3O2. The van der Waals surface area contributed by atoms with Crippen molar-refractivity contribution in [3.8, 4) is 0 Å². The van der Waals surface area contributed by atoms with Crippen molar-refractivity contribution in [1.29, 1.82) is 0 Å². The smallest absolute Gasteiger partial charge is 0.390 e. The summed E-state index contributed by atoms with van der Waals surface area (Å²) in [6, 6.07) is 0. The fourth-order valence-corrected chi connectivity index (χ4v) is 1.82. The van der Waals surface area contributed by atoms with Gasteiger partial charge in [-0.15, -0.1) is 24.0 Å². The van der Waals surface area contributed by atoms with E-state index in [9.17, 15) is 18.0 Å². The number of nitrogens with zero attached hydrogens (tertiary/aromatic N) is 1. The summed E-state index contributed by atoms with van der Waals surface area (Å²) >= 11 is 0. The van der Waals surface area contributed by atoms with Crippen LogP contribution in [0.1, 0.15) is 52.4 Å². The van der Waals surface area contributed by atoms with Crippen LogP contribution in [0.5, 0.6) is 0 Å². The summed E-state index contributed by atoms with van der Waals surface area (Å²) in [5.41, 5.74) is 0. The van der Waals surface area contributed by atoms with E-state index in [0.717, 1.165) is 25.7 Å². The lowest BCUT2D eigenvalue weighted by molar-refractivity contribution is -0.143. The van der Waals surface area contributed by atoms with Crippen LogP contribution in [-0.2, 0) is 9.53 Å². The van der Waals surface area contributed by atoms with Crippen molar-refractivity contribution in [1.82, 2.24) is 10.6 Å². The van der Waals surface area contributed by atoms with E-state index in [1.165, 1.54) is 0 Å². The average molecular weight is 467 g/mol. The van der Waals surface area contributed by atoms with Crippen molar-refractivity contribution >= 4 is 35.9 Å². The number of carbonyl (C=O) groups is 1. The van der Waals surface area contributed by atoms with Crippen molar-refractivity contribution in [2.45, 2.75) is 58.5 Å². The molecule has 0 amide bonds.